The molecule has 25 heavy (non-hydrogen) atoms. The number of methoxy groups -OCH3 is 2. The summed E-state index contributed by atoms with van der Waals surface area (Å²) in [5, 5.41) is 2.94. The highest BCUT2D eigenvalue weighted by Crippen LogP contribution is 2.30. The number of unbranched alkanes of at least 4 members (excludes halogenated alkanes) is 1. The van der Waals surface area contributed by atoms with E-state index in [1.807, 2.05) is 4.90 Å². The fraction of sp³-hybridized carbons (Fsp3) is 0.579. The van der Waals surface area contributed by atoms with E-state index in [-0.39, 0.29) is 17.7 Å². The number of ether oxygens (including phenoxy) is 2. The fourth-order valence-corrected chi connectivity index (χ4v) is 3.04. The van der Waals surface area contributed by atoms with Crippen LogP contribution in [-0.4, -0.2) is 44.0 Å². The summed E-state index contributed by atoms with van der Waals surface area (Å²) in [6.45, 7) is 3.40. The molecule has 2 amide bonds. The normalized spacial score (nSPS) is 14.9. The van der Waals surface area contributed by atoms with Crippen molar-refractivity contribution in [1.29, 1.82) is 0 Å². The van der Waals surface area contributed by atoms with Gasteiger partial charge in [-0.2, -0.15) is 0 Å². The fourth-order valence-electron chi connectivity index (χ4n) is 3.04. The van der Waals surface area contributed by atoms with Gasteiger partial charge in [-0.1, -0.05) is 13.3 Å². The SMILES string of the molecule is CCCCC(=O)N1CCC(C(=O)Nc2ccc(OC)c(OC)c2)CC1. The number of benzene rings is 1. The zero-order chi connectivity index (χ0) is 18.2. The Hall–Kier alpha value is -2.24. The zero-order valence-electron chi connectivity index (χ0n) is 15.3. The molecule has 1 aromatic carbocycles. The van der Waals surface area contributed by atoms with Crippen LogP contribution >= 0.6 is 0 Å². The van der Waals surface area contributed by atoms with Crippen molar-refractivity contribution in [3.05, 3.63) is 18.2 Å². The molecule has 1 aliphatic heterocycles. The van der Waals surface area contributed by atoms with Crippen LogP contribution in [0.3, 0.4) is 0 Å². The Morgan fingerprint density at radius 2 is 1.84 bits per heavy atom. The Kier molecular flexibility index (Phi) is 7.10. The van der Waals surface area contributed by atoms with Gasteiger partial charge in [0.15, 0.2) is 11.5 Å². The van der Waals surface area contributed by atoms with E-state index < -0.39 is 0 Å². The number of nitrogens with one attached hydrogen (secondary N) is 1. The third-order valence-electron chi connectivity index (χ3n) is 4.61. The number of carbonyl (C=O) groups is 2. The average molecular weight is 348 g/mol. The van der Waals surface area contributed by atoms with Crippen LogP contribution in [0.1, 0.15) is 39.0 Å². The Morgan fingerprint density at radius 3 is 2.44 bits per heavy atom. The number of amides is 2. The first-order chi connectivity index (χ1) is 12.1. The van der Waals surface area contributed by atoms with Crippen LogP contribution in [0.4, 0.5) is 5.69 Å². The number of piperidine rings is 1. The molecule has 0 radical (unpaired) electrons. The van der Waals surface area contributed by atoms with E-state index in [2.05, 4.69) is 12.2 Å². The molecule has 0 saturated carbocycles. The van der Waals surface area contributed by atoms with E-state index in [0.29, 0.717) is 49.5 Å². The summed E-state index contributed by atoms with van der Waals surface area (Å²) in [6, 6.07) is 5.31. The molecule has 1 saturated heterocycles. The number of nitrogens with zero attached hydrogens (tertiary/aromatic N) is 1. The van der Waals surface area contributed by atoms with Gasteiger partial charge in [0.1, 0.15) is 0 Å². The van der Waals surface area contributed by atoms with Crippen molar-refractivity contribution in [3.8, 4) is 11.5 Å². The van der Waals surface area contributed by atoms with E-state index in [4.69, 9.17) is 9.47 Å². The molecule has 138 valence electrons. The van der Waals surface area contributed by atoms with Gasteiger partial charge in [0, 0.05) is 37.2 Å². The Morgan fingerprint density at radius 1 is 1.16 bits per heavy atom. The summed E-state index contributed by atoms with van der Waals surface area (Å²) in [5.41, 5.74) is 0.684. The molecule has 1 fully saturated rings. The largest absolute Gasteiger partial charge is 0.493 e. The molecule has 1 aliphatic rings. The summed E-state index contributed by atoms with van der Waals surface area (Å²) < 4.78 is 10.5. The molecule has 6 nitrogen and oxygen atoms in total. The lowest BCUT2D eigenvalue weighted by atomic mass is 9.95. The van der Waals surface area contributed by atoms with Crippen molar-refractivity contribution >= 4 is 17.5 Å². The molecular weight excluding hydrogens is 320 g/mol. The number of rotatable bonds is 7. The molecular formula is C19H28N2O4. The molecule has 0 aliphatic carbocycles. The lowest BCUT2D eigenvalue weighted by Crippen LogP contribution is -2.41. The molecule has 1 aromatic rings. The van der Waals surface area contributed by atoms with Gasteiger partial charge < -0.3 is 19.7 Å². The number of hydrogen-bond donors (Lipinski definition) is 1. The number of hydrogen-bond acceptors (Lipinski definition) is 4. The highest BCUT2D eigenvalue weighted by Gasteiger charge is 2.27. The van der Waals surface area contributed by atoms with Gasteiger partial charge >= 0.3 is 0 Å². The van der Waals surface area contributed by atoms with Crippen molar-refractivity contribution in [2.75, 3.05) is 32.6 Å². The minimum absolute atomic E-state index is 0.00660. The monoisotopic (exact) mass is 348 g/mol. The molecule has 2 rings (SSSR count). The lowest BCUT2D eigenvalue weighted by Gasteiger charge is -2.31. The smallest absolute Gasteiger partial charge is 0.227 e. The van der Waals surface area contributed by atoms with Gasteiger partial charge in [-0.25, -0.2) is 0 Å². The topological polar surface area (TPSA) is 67.9 Å². The Balaban J connectivity index is 1.87. The van der Waals surface area contributed by atoms with Crippen molar-refractivity contribution in [2.24, 2.45) is 5.92 Å². The molecule has 0 aromatic heterocycles. The maximum Gasteiger partial charge on any atom is 0.227 e. The quantitative estimate of drug-likeness (QED) is 0.822. The van der Waals surface area contributed by atoms with Gasteiger partial charge in [0.05, 0.1) is 14.2 Å². The van der Waals surface area contributed by atoms with Crippen molar-refractivity contribution in [3.63, 3.8) is 0 Å². The third kappa shape index (κ3) is 5.11. The standard InChI is InChI=1S/C19H28N2O4/c1-4-5-6-18(22)21-11-9-14(10-12-21)19(23)20-15-7-8-16(24-2)17(13-15)25-3/h7-8,13-14H,4-6,9-12H2,1-3H3,(H,20,23). The molecule has 1 N–H and O–H groups in total. The first kappa shape index (κ1) is 19.1. The predicted octanol–water partition coefficient (Wildman–Crippen LogP) is 3.07. The zero-order valence-corrected chi connectivity index (χ0v) is 15.3. The average Bonchev–Trinajstić information content (AvgIpc) is 2.66. The van der Waals surface area contributed by atoms with Gasteiger partial charge in [-0.3, -0.25) is 9.59 Å². The highest BCUT2D eigenvalue weighted by molar-refractivity contribution is 5.93. The molecule has 0 spiro atoms. The Bertz CT molecular complexity index is 595. The molecule has 6 heteroatoms. The van der Waals surface area contributed by atoms with Crippen LogP contribution < -0.4 is 14.8 Å². The van der Waals surface area contributed by atoms with E-state index >= 15 is 0 Å². The van der Waals surface area contributed by atoms with Gasteiger partial charge in [0.25, 0.3) is 0 Å². The number of likely N-dealkylation sites (tertiary alicyclic amines) is 1. The lowest BCUT2D eigenvalue weighted by molar-refractivity contribution is -0.134. The molecule has 0 bridgehead atoms. The van der Waals surface area contributed by atoms with Gasteiger partial charge in [0.2, 0.25) is 11.8 Å². The van der Waals surface area contributed by atoms with Crippen LogP contribution in [0.5, 0.6) is 11.5 Å². The first-order valence-electron chi connectivity index (χ1n) is 8.89. The van der Waals surface area contributed by atoms with Crippen LogP contribution in [0.15, 0.2) is 18.2 Å². The molecule has 0 atom stereocenters. The van der Waals surface area contributed by atoms with Crippen LogP contribution in [0.25, 0.3) is 0 Å². The predicted molar refractivity (Wildman–Crippen MR) is 97.0 cm³/mol. The second-order valence-corrected chi connectivity index (χ2v) is 6.32. The van der Waals surface area contributed by atoms with E-state index in [0.717, 1.165) is 12.8 Å². The maximum absolute atomic E-state index is 12.5. The second-order valence-electron chi connectivity index (χ2n) is 6.32. The molecule has 0 unspecified atom stereocenters. The summed E-state index contributed by atoms with van der Waals surface area (Å²) in [5.74, 6) is 1.34. The third-order valence-corrected chi connectivity index (χ3v) is 4.61. The van der Waals surface area contributed by atoms with Crippen molar-refractivity contribution < 1.29 is 19.1 Å². The van der Waals surface area contributed by atoms with Crippen LogP contribution in [-0.2, 0) is 9.59 Å². The van der Waals surface area contributed by atoms with E-state index in [1.54, 1.807) is 32.4 Å². The number of anilines is 1. The first-order valence-corrected chi connectivity index (χ1v) is 8.89. The van der Waals surface area contributed by atoms with Crippen LogP contribution in [0, 0.1) is 5.92 Å². The minimum atomic E-state index is -0.0664. The summed E-state index contributed by atoms with van der Waals surface area (Å²) in [7, 11) is 3.14. The summed E-state index contributed by atoms with van der Waals surface area (Å²) in [4.78, 5) is 26.4. The van der Waals surface area contributed by atoms with Gasteiger partial charge in [-0.05, 0) is 31.4 Å². The number of carbonyl (C=O) groups excluding carboxylic acids is 2. The Labute approximate surface area is 149 Å². The second kappa shape index (κ2) is 9.30. The highest BCUT2D eigenvalue weighted by atomic mass is 16.5. The summed E-state index contributed by atoms with van der Waals surface area (Å²) in [6.07, 6.45) is 3.97. The van der Waals surface area contributed by atoms with Crippen molar-refractivity contribution in [1.82, 2.24) is 4.90 Å². The van der Waals surface area contributed by atoms with E-state index in [9.17, 15) is 9.59 Å². The van der Waals surface area contributed by atoms with Crippen molar-refractivity contribution in [2.45, 2.75) is 39.0 Å². The van der Waals surface area contributed by atoms with Crippen LogP contribution in [0.2, 0.25) is 0 Å². The summed E-state index contributed by atoms with van der Waals surface area (Å²) >= 11 is 0. The minimum Gasteiger partial charge on any atom is -0.493 e. The van der Waals surface area contributed by atoms with Gasteiger partial charge in [-0.15, -0.1) is 0 Å². The van der Waals surface area contributed by atoms with E-state index in [1.165, 1.54) is 0 Å². The molecule has 1 heterocycles. The maximum atomic E-state index is 12.5.